The summed E-state index contributed by atoms with van der Waals surface area (Å²) in [7, 11) is 0. The second kappa shape index (κ2) is 3.19. The van der Waals surface area contributed by atoms with Gasteiger partial charge >= 0.3 is 11.1 Å². The van der Waals surface area contributed by atoms with Crippen LogP contribution in [0.15, 0.2) is 27.8 Å². The zero-order valence-corrected chi connectivity index (χ0v) is 7.84. The first kappa shape index (κ1) is 9.90. The summed E-state index contributed by atoms with van der Waals surface area (Å²) in [4.78, 5) is 34.4. The maximum atomic E-state index is 11.2. The predicted molar refractivity (Wildman–Crippen MR) is 55.6 cm³/mol. The van der Waals surface area contributed by atoms with Gasteiger partial charge in [-0.2, -0.15) is 0 Å². The van der Waals surface area contributed by atoms with Crippen LogP contribution in [0.4, 0.5) is 5.69 Å². The second-order valence-corrected chi connectivity index (χ2v) is 3.09. The lowest BCUT2D eigenvalue weighted by molar-refractivity contribution is -0.384. The molecular weight excluding hydrogens is 216 g/mol. The minimum absolute atomic E-state index is 0.140. The van der Waals surface area contributed by atoms with E-state index in [4.69, 9.17) is 5.84 Å². The molecule has 0 spiro atoms. The number of nitrogens with zero attached hydrogens (tertiary/aromatic N) is 2. The molecule has 0 saturated carbocycles. The number of hydrogen-bond donors (Lipinski definition) is 2. The summed E-state index contributed by atoms with van der Waals surface area (Å²) in [5.74, 6) is 5.36. The van der Waals surface area contributed by atoms with Gasteiger partial charge in [0.25, 0.3) is 5.69 Å². The first-order valence-electron chi connectivity index (χ1n) is 4.19. The number of nitro groups is 1. The Bertz CT molecular complexity index is 699. The van der Waals surface area contributed by atoms with Gasteiger partial charge in [0.15, 0.2) is 0 Å². The molecule has 1 heterocycles. The van der Waals surface area contributed by atoms with Gasteiger partial charge in [0, 0.05) is 12.1 Å². The Labute approximate surface area is 87.0 Å². The Morgan fingerprint density at radius 1 is 1.38 bits per heavy atom. The van der Waals surface area contributed by atoms with E-state index in [0.29, 0.717) is 4.68 Å². The Kier molecular flexibility index (Phi) is 1.97. The third-order valence-corrected chi connectivity index (χ3v) is 2.11. The number of nitrogen functional groups attached to an aromatic ring is 1. The first-order valence-corrected chi connectivity index (χ1v) is 4.19. The van der Waals surface area contributed by atoms with Crippen LogP contribution in [-0.2, 0) is 0 Å². The molecule has 0 bridgehead atoms. The molecule has 82 valence electrons. The number of benzene rings is 1. The Hall–Kier alpha value is -2.64. The number of rotatable bonds is 1. The molecule has 2 rings (SSSR count). The number of aromatic amines is 1. The van der Waals surface area contributed by atoms with Crippen molar-refractivity contribution in [2.24, 2.45) is 0 Å². The van der Waals surface area contributed by atoms with E-state index in [1.807, 2.05) is 0 Å². The average molecular weight is 222 g/mol. The molecule has 0 fully saturated rings. The monoisotopic (exact) mass is 222 g/mol. The number of non-ortho nitro benzene ring substituents is 1. The van der Waals surface area contributed by atoms with Crippen LogP contribution in [0.1, 0.15) is 0 Å². The van der Waals surface area contributed by atoms with Gasteiger partial charge in [-0.1, -0.05) is 0 Å². The fraction of sp³-hybridized carbons (Fsp3) is 0. The summed E-state index contributed by atoms with van der Waals surface area (Å²) < 4.78 is 0.651. The van der Waals surface area contributed by atoms with Crippen molar-refractivity contribution >= 4 is 16.7 Å². The van der Waals surface area contributed by atoms with Gasteiger partial charge in [0.2, 0.25) is 0 Å². The van der Waals surface area contributed by atoms with Crippen molar-refractivity contribution in [3.05, 3.63) is 49.0 Å². The molecule has 0 aliphatic carbocycles. The zero-order chi connectivity index (χ0) is 11.9. The highest BCUT2D eigenvalue weighted by Gasteiger charge is 2.10. The molecule has 0 aliphatic rings. The van der Waals surface area contributed by atoms with Crippen molar-refractivity contribution in [3.63, 3.8) is 0 Å². The molecule has 8 nitrogen and oxygen atoms in total. The first-order chi connectivity index (χ1) is 7.50. The maximum Gasteiger partial charge on any atom is 0.334 e. The quantitative estimate of drug-likeness (QED) is 0.286. The SMILES string of the molecule is Nn1c(=O)c(=O)[nH]c2cc([N+](=O)[O-])ccc21. The van der Waals surface area contributed by atoms with Crippen LogP contribution in [0.2, 0.25) is 0 Å². The summed E-state index contributed by atoms with van der Waals surface area (Å²) in [6.07, 6.45) is 0. The molecule has 2 aromatic rings. The molecule has 0 radical (unpaired) electrons. The number of nitro benzene ring substituents is 1. The summed E-state index contributed by atoms with van der Waals surface area (Å²) in [6.45, 7) is 0. The van der Waals surface area contributed by atoms with Gasteiger partial charge < -0.3 is 10.8 Å². The van der Waals surface area contributed by atoms with Gasteiger partial charge in [0.1, 0.15) is 0 Å². The van der Waals surface area contributed by atoms with Crippen molar-refractivity contribution in [1.82, 2.24) is 9.66 Å². The van der Waals surface area contributed by atoms with Crippen molar-refractivity contribution in [3.8, 4) is 0 Å². The number of hydrogen-bond acceptors (Lipinski definition) is 5. The number of nitrogens with two attached hydrogens (primary N) is 1. The average Bonchev–Trinajstić information content (AvgIpc) is 2.25. The smallest absolute Gasteiger partial charge is 0.334 e. The van der Waals surface area contributed by atoms with Crippen LogP contribution >= 0.6 is 0 Å². The number of H-pyrrole nitrogens is 1. The van der Waals surface area contributed by atoms with Gasteiger partial charge in [0.05, 0.1) is 16.0 Å². The van der Waals surface area contributed by atoms with E-state index in [1.165, 1.54) is 12.1 Å². The highest BCUT2D eigenvalue weighted by atomic mass is 16.6. The molecule has 0 amide bonds. The van der Waals surface area contributed by atoms with Crippen LogP contribution < -0.4 is 17.0 Å². The van der Waals surface area contributed by atoms with Gasteiger partial charge in [-0.15, -0.1) is 0 Å². The fourth-order valence-corrected chi connectivity index (χ4v) is 1.34. The standard InChI is InChI=1S/C8H6N4O4/c9-11-6-2-1-4(12(15)16)3-5(6)10-7(13)8(11)14/h1-3H,9H2,(H,10,13). The van der Waals surface area contributed by atoms with E-state index >= 15 is 0 Å². The van der Waals surface area contributed by atoms with Crippen molar-refractivity contribution in [1.29, 1.82) is 0 Å². The van der Waals surface area contributed by atoms with Crippen LogP contribution in [0.25, 0.3) is 11.0 Å². The molecule has 8 heteroatoms. The number of nitrogens with one attached hydrogen (secondary N) is 1. The topological polar surface area (TPSA) is 124 Å². The van der Waals surface area contributed by atoms with E-state index in [2.05, 4.69) is 4.98 Å². The van der Waals surface area contributed by atoms with Crippen molar-refractivity contribution in [2.75, 3.05) is 5.84 Å². The highest BCUT2D eigenvalue weighted by molar-refractivity contribution is 5.77. The van der Waals surface area contributed by atoms with Gasteiger partial charge in [-0.3, -0.25) is 19.7 Å². The third-order valence-electron chi connectivity index (χ3n) is 2.11. The Balaban J connectivity index is 2.92. The molecule has 1 aromatic carbocycles. The summed E-state index contributed by atoms with van der Waals surface area (Å²) >= 11 is 0. The normalized spacial score (nSPS) is 10.5. The summed E-state index contributed by atoms with van der Waals surface area (Å²) in [5, 5.41) is 10.5. The van der Waals surface area contributed by atoms with E-state index in [0.717, 1.165) is 6.07 Å². The Morgan fingerprint density at radius 3 is 2.69 bits per heavy atom. The van der Waals surface area contributed by atoms with E-state index in [-0.39, 0.29) is 16.7 Å². The predicted octanol–water partition coefficient (Wildman–Crippen LogP) is -0.688. The van der Waals surface area contributed by atoms with Crippen LogP contribution in [0.5, 0.6) is 0 Å². The van der Waals surface area contributed by atoms with E-state index < -0.39 is 16.0 Å². The molecular formula is C8H6N4O4. The molecule has 0 saturated heterocycles. The van der Waals surface area contributed by atoms with E-state index in [9.17, 15) is 19.7 Å². The lowest BCUT2D eigenvalue weighted by Gasteiger charge is -2.02. The van der Waals surface area contributed by atoms with E-state index in [1.54, 1.807) is 0 Å². The minimum atomic E-state index is -0.921. The molecule has 0 atom stereocenters. The van der Waals surface area contributed by atoms with Crippen LogP contribution in [0.3, 0.4) is 0 Å². The lowest BCUT2D eigenvalue weighted by Crippen LogP contribution is -2.40. The number of aromatic nitrogens is 2. The van der Waals surface area contributed by atoms with Crippen LogP contribution in [-0.4, -0.2) is 14.6 Å². The minimum Gasteiger partial charge on any atom is -0.336 e. The third kappa shape index (κ3) is 1.32. The lowest BCUT2D eigenvalue weighted by atomic mass is 10.2. The second-order valence-electron chi connectivity index (χ2n) is 3.09. The van der Waals surface area contributed by atoms with Crippen molar-refractivity contribution < 1.29 is 4.92 Å². The summed E-state index contributed by atoms with van der Waals surface area (Å²) in [5.41, 5.74) is -1.67. The van der Waals surface area contributed by atoms with Gasteiger partial charge in [-0.05, 0) is 6.07 Å². The molecule has 3 N–H and O–H groups in total. The van der Waals surface area contributed by atoms with Crippen LogP contribution in [0, 0.1) is 10.1 Å². The highest BCUT2D eigenvalue weighted by Crippen LogP contribution is 2.16. The largest absolute Gasteiger partial charge is 0.336 e. The fourth-order valence-electron chi connectivity index (χ4n) is 1.34. The molecule has 0 aliphatic heterocycles. The van der Waals surface area contributed by atoms with Crippen molar-refractivity contribution in [2.45, 2.75) is 0 Å². The summed E-state index contributed by atoms with van der Waals surface area (Å²) in [6, 6.07) is 3.63. The molecule has 0 unspecified atom stereocenters. The molecule has 1 aromatic heterocycles. The molecule has 16 heavy (non-hydrogen) atoms. The van der Waals surface area contributed by atoms with Gasteiger partial charge in [-0.25, -0.2) is 4.68 Å². The maximum absolute atomic E-state index is 11.2. The number of fused-ring (bicyclic) bond motifs is 1. The Morgan fingerprint density at radius 2 is 2.06 bits per heavy atom. The zero-order valence-electron chi connectivity index (χ0n) is 7.84.